The number of rotatable bonds is 37. The molecule has 0 saturated heterocycles. The second kappa shape index (κ2) is 32.3. The highest BCUT2D eigenvalue weighted by atomic mass is 31.2. The van der Waals surface area contributed by atoms with E-state index >= 15 is 0 Å². The Labute approximate surface area is 488 Å². The van der Waals surface area contributed by atoms with Crippen molar-refractivity contribution in [2.45, 2.75) is 232 Å². The molecular weight excluding hydrogens is 1040 g/mol. The lowest BCUT2D eigenvalue weighted by Gasteiger charge is -2.41. The quantitative estimate of drug-likeness (QED) is 0.0285. The van der Waals surface area contributed by atoms with Crippen LogP contribution in [0.3, 0.4) is 0 Å². The first-order valence-corrected chi connectivity index (χ1v) is 42.9. The highest BCUT2D eigenvalue weighted by Crippen LogP contribution is 2.59. The van der Waals surface area contributed by atoms with E-state index in [1.807, 2.05) is 0 Å². The fourth-order valence-corrected chi connectivity index (χ4v) is 36.1. The summed E-state index contributed by atoms with van der Waals surface area (Å²) in [5.74, 6) is 0. The zero-order chi connectivity index (χ0) is 55.9. The first-order chi connectivity index (χ1) is 38.7. The van der Waals surface area contributed by atoms with Gasteiger partial charge in [-0.25, -0.2) is 0 Å². The molecular formula is C72H105NOP2Si3. The monoisotopic (exact) mass is 1150 g/mol. The van der Waals surface area contributed by atoms with E-state index < -0.39 is 40.4 Å². The summed E-state index contributed by atoms with van der Waals surface area (Å²) in [5, 5.41) is 13.2. The van der Waals surface area contributed by atoms with Crippen molar-refractivity contribution in [2.24, 2.45) is 0 Å². The van der Waals surface area contributed by atoms with Crippen molar-refractivity contribution in [3.8, 4) is 0 Å². The van der Waals surface area contributed by atoms with E-state index in [1.54, 1.807) is 15.6 Å². The molecule has 2 nitrogen and oxygen atoms in total. The van der Waals surface area contributed by atoms with E-state index in [9.17, 15) is 0 Å². The smallest absolute Gasteiger partial charge is 0.159 e. The van der Waals surface area contributed by atoms with E-state index in [4.69, 9.17) is 4.42 Å². The highest BCUT2D eigenvalue weighted by Gasteiger charge is 2.39. The molecule has 0 aliphatic rings. The van der Waals surface area contributed by atoms with Gasteiger partial charge in [0.25, 0.3) is 0 Å². The molecule has 0 aliphatic heterocycles. The Hall–Kier alpha value is -3.57. The molecule has 0 N–H and O–H groups in total. The molecule has 6 aromatic carbocycles. The van der Waals surface area contributed by atoms with Crippen LogP contribution in [-0.4, -0.2) is 24.2 Å². The van der Waals surface area contributed by atoms with Gasteiger partial charge >= 0.3 is 0 Å². The average Bonchev–Trinajstić information content (AvgIpc) is 4.08. The van der Waals surface area contributed by atoms with E-state index in [1.165, 1.54) is 208 Å². The molecule has 0 bridgehead atoms. The van der Waals surface area contributed by atoms with Gasteiger partial charge in [-0.15, -0.1) is 0 Å². The number of fused-ring (bicyclic) bond motifs is 3. The number of benzene rings is 6. The maximum atomic E-state index is 7.23. The Morgan fingerprint density at radius 3 is 0.924 bits per heavy atom. The van der Waals surface area contributed by atoms with Gasteiger partial charge in [0, 0.05) is 32.0 Å². The summed E-state index contributed by atoms with van der Waals surface area (Å²) in [5.41, 5.74) is 3.17. The van der Waals surface area contributed by atoms with Gasteiger partial charge in [-0.05, 0) is 12.1 Å². The molecule has 7 heteroatoms. The molecule has 0 aliphatic carbocycles. The maximum Gasteiger partial charge on any atom is 0.159 e. The first kappa shape index (κ1) is 63.0. The van der Waals surface area contributed by atoms with Crippen LogP contribution < -0.4 is 41.2 Å². The fourth-order valence-electron chi connectivity index (χ4n) is 13.4. The summed E-state index contributed by atoms with van der Waals surface area (Å²) in [6.07, 6.45) is 23.6. The zero-order valence-corrected chi connectivity index (χ0v) is 56.0. The Morgan fingerprint density at radius 1 is 0.304 bits per heavy atom. The Kier molecular flexibility index (Phi) is 25.8. The second-order valence-corrected chi connectivity index (χ2v) is 42.3. The van der Waals surface area contributed by atoms with Gasteiger partial charge in [0.15, 0.2) is 5.58 Å². The molecule has 1 heterocycles. The Morgan fingerprint density at radius 2 is 0.595 bits per heavy atom. The topological polar surface area (TPSA) is 16.4 Å². The summed E-state index contributed by atoms with van der Waals surface area (Å²) in [7, 11) is -7.57. The summed E-state index contributed by atoms with van der Waals surface area (Å²) in [6.45, 7) is 21.6. The molecule has 426 valence electrons. The molecule has 0 amide bonds. The van der Waals surface area contributed by atoms with E-state index in [0.29, 0.717) is 0 Å². The maximum absolute atomic E-state index is 7.23. The third kappa shape index (κ3) is 15.6. The number of anilines is 1. The van der Waals surface area contributed by atoms with E-state index in [0.717, 1.165) is 11.2 Å². The molecule has 1 atom stereocenters. The van der Waals surface area contributed by atoms with Gasteiger partial charge in [0.1, 0.15) is 5.58 Å². The minimum absolute atomic E-state index is 0.962. The molecule has 7 aromatic rings. The third-order valence-electron chi connectivity index (χ3n) is 18.2. The molecule has 1 unspecified atom stereocenters. The average molecular weight is 1150 g/mol. The Balaban J connectivity index is 1.55. The third-order valence-corrected chi connectivity index (χ3v) is 40.1. The standard InChI is InChI=1S/C72H105NOP2Si3/c1-10-19-52-77(53-20-11-2,54-21-12-3)65-46-40-62(41-47-65)75(61-34-29-28-30-35-61)73(70-38-33-37-69-68-36-31-32-39-71(68)74-72(69)70)76(63-42-48-66(49-43-63)78(55-22-13-4,56-23-14-5)57-24-15-6)64-44-50-67(51-45-64)79(58-25-16-7,59-26-17-8)60-27-18-9/h28-51H,10-27,52-60H2,1-9H3. The van der Waals surface area contributed by atoms with Crippen LogP contribution >= 0.6 is 16.1 Å². The summed E-state index contributed by atoms with van der Waals surface area (Å²) in [4.78, 5) is 0. The summed E-state index contributed by atoms with van der Waals surface area (Å²) >= 11 is 0. The van der Waals surface area contributed by atoms with Gasteiger partial charge in [0.2, 0.25) is 0 Å². The SMILES string of the molecule is CCCC[Si](CCCC)(CCCC)c1ccc(P(c2ccccc2)N(c2cccc3c2oc2ccccc23)P(c2ccc([Si](CCCC)(CCCC)CCCC)cc2)c2ccc([Si](CCCC)(CCCC)CCCC)cc2)cc1. The van der Waals surface area contributed by atoms with Crippen molar-refractivity contribution in [2.75, 3.05) is 4.44 Å². The predicted octanol–water partition coefficient (Wildman–Crippen LogP) is 20.7. The fraction of sp³-hybridized carbons (Fsp3) is 0.500. The van der Waals surface area contributed by atoms with Crippen molar-refractivity contribution in [1.82, 2.24) is 0 Å². The lowest BCUT2D eigenvalue weighted by molar-refractivity contribution is 0.670. The van der Waals surface area contributed by atoms with Crippen LogP contribution in [0.5, 0.6) is 0 Å². The molecule has 1 aromatic heterocycles. The normalized spacial score (nSPS) is 12.8. The largest absolute Gasteiger partial charge is 0.454 e. The van der Waals surface area contributed by atoms with Gasteiger partial charge in [0.05, 0.1) is 46.1 Å². The minimum atomic E-state index is -1.76. The number of hydrogen-bond acceptors (Lipinski definition) is 2. The molecule has 0 spiro atoms. The molecule has 79 heavy (non-hydrogen) atoms. The highest BCUT2D eigenvalue weighted by molar-refractivity contribution is 7.90. The molecule has 0 fully saturated rings. The van der Waals surface area contributed by atoms with Crippen LogP contribution in [0.15, 0.2) is 150 Å². The van der Waals surface area contributed by atoms with Gasteiger partial charge in [-0.3, -0.25) is 0 Å². The van der Waals surface area contributed by atoms with Crippen molar-refractivity contribution >= 4 is 105 Å². The number of nitrogens with zero attached hydrogens (tertiary/aromatic N) is 1. The van der Waals surface area contributed by atoms with Crippen molar-refractivity contribution in [3.05, 3.63) is 146 Å². The zero-order valence-electron chi connectivity index (χ0n) is 51.2. The summed E-state index contributed by atoms with van der Waals surface area (Å²) in [6, 6.07) is 72.0. The van der Waals surface area contributed by atoms with Crippen LogP contribution in [0.2, 0.25) is 54.4 Å². The molecule has 7 rings (SSSR count). The summed E-state index contributed by atoms with van der Waals surface area (Å²) < 4.78 is 10.2. The predicted molar refractivity (Wildman–Crippen MR) is 368 cm³/mol. The van der Waals surface area contributed by atoms with Gasteiger partial charge in [-0.2, -0.15) is 0 Å². The van der Waals surface area contributed by atoms with Crippen LogP contribution in [0.25, 0.3) is 21.9 Å². The van der Waals surface area contributed by atoms with Gasteiger partial charge < -0.3 is 8.86 Å². The minimum Gasteiger partial charge on any atom is -0.454 e. The Bertz CT molecular complexity index is 2670. The molecule has 0 radical (unpaired) electrons. The second-order valence-electron chi connectivity index (χ2n) is 23.9. The van der Waals surface area contributed by atoms with Crippen LogP contribution in [0.1, 0.15) is 178 Å². The molecule has 0 saturated carbocycles. The van der Waals surface area contributed by atoms with Crippen LogP contribution in [0.4, 0.5) is 5.69 Å². The number of para-hydroxylation sites is 2. The number of unbranched alkanes of at least 4 members (excludes halogenated alkanes) is 9. The van der Waals surface area contributed by atoms with E-state index in [2.05, 4.69) is 212 Å². The van der Waals surface area contributed by atoms with Crippen molar-refractivity contribution in [3.63, 3.8) is 0 Å². The number of hydrogen-bond donors (Lipinski definition) is 0. The van der Waals surface area contributed by atoms with Crippen molar-refractivity contribution in [1.29, 1.82) is 0 Å². The van der Waals surface area contributed by atoms with Crippen LogP contribution in [0, 0.1) is 0 Å². The van der Waals surface area contributed by atoms with Crippen molar-refractivity contribution < 1.29 is 4.42 Å². The van der Waals surface area contributed by atoms with Crippen LogP contribution in [-0.2, 0) is 0 Å². The first-order valence-electron chi connectivity index (χ1n) is 32.4. The van der Waals surface area contributed by atoms with E-state index in [-0.39, 0.29) is 0 Å². The number of furan rings is 1. The lowest BCUT2D eigenvalue weighted by Crippen LogP contribution is -2.48. The van der Waals surface area contributed by atoms with Gasteiger partial charge in [-0.1, -0.05) is 381 Å². The lowest BCUT2D eigenvalue weighted by atomic mass is 10.1.